The van der Waals surface area contributed by atoms with E-state index in [4.69, 9.17) is 0 Å². The fraction of sp³-hybridized carbons (Fsp3) is 0.0667. The molecule has 3 rings (SSSR count). The van der Waals surface area contributed by atoms with Gasteiger partial charge in [-0.3, -0.25) is 0 Å². The maximum atomic E-state index is 11.4. The minimum Gasteiger partial charge on any atom is -0.478 e. The third-order valence-corrected chi connectivity index (χ3v) is 3.87. The van der Waals surface area contributed by atoms with Crippen molar-refractivity contribution in [2.24, 2.45) is 0 Å². The topological polar surface area (TPSA) is 55.1 Å². The molecule has 1 N–H and O–H groups in total. The first kappa shape index (κ1) is 12.6. The summed E-state index contributed by atoms with van der Waals surface area (Å²) in [7, 11) is 0. The van der Waals surface area contributed by atoms with Crippen molar-refractivity contribution in [3.8, 4) is 16.3 Å². The lowest BCUT2D eigenvalue weighted by Gasteiger charge is -2.00. The normalized spacial score (nSPS) is 10.7. The Morgan fingerprint density at radius 2 is 2.00 bits per heavy atom. The van der Waals surface area contributed by atoms with Gasteiger partial charge >= 0.3 is 5.97 Å². The van der Waals surface area contributed by atoms with E-state index in [0.29, 0.717) is 5.69 Å². The average Bonchev–Trinajstić information content (AvgIpc) is 3.08. The van der Waals surface area contributed by atoms with Crippen LogP contribution in [-0.2, 0) is 0 Å². The molecular weight excluding hydrogens is 272 g/mol. The zero-order valence-corrected chi connectivity index (χ0v) is 11.6. The molecule has 0 aliphatic carbocycles. The van der Waals surface area contributed by atoms with Crippen molar-refractivity contribution in [1.29, 1.82) is 0 Å². The van der Waals surface area contributed by atoms with Crippen LogP contribution in [0, 0.1) is 6.92 Å². The molecule has 0 fully saturated rings. The molecule has 2 heterocycles. The number of nitrogens with zero attached hydrogens (tertiary/aromatic N) is 2. The highest BCUT2D eigenvalue weighted by atomic mass is 32.1. The van der Waals surface area contributed by atoms with Crippen LogP contribution in [0.3, 0.4) is 0 Å². The second kappa shape index (κ2) is 4.94. The van der Waals surface area contributed by atoms with Crippen LogP contribution < -0.4 is 0 Å². The van der Waals surface area contributed by atoms with E-state index < -0.39 is 5.97 Å². The van der Waals surface area contributed by atoms with E-state index in [1.54, 1.807) is 10.9 Å². The Labute approximate surface area is 119 Å². The summed E-state index contributed by atoms with van der Waals surface area (Å²) in [6, 6.07) is 11.6. The van der Waals surface area contributed by atoms with E-state index >= 15 is 0 Å². The smallest absolute Gasteiger partial charge is 0.339 e. The monoisotopic (exact) mass is 284 g/mol. The van der Waals surface area contributed by atoms with Crippen molar-refractivity contribution in [1.82, 2.24) is 9.78 Å². The second-order valence-electron chi connectivity index (χ2n) is 4.45. The molecule has 100 valence electrons. The van der Waals surface area contributed by atoms with Gasteiger partial charge in [-0.2, -0.15) is 5.10 Å². The van der Waals surface area contributed by atoms with Crippen LogP contribution in [0.25, 0.3) is 16.3 Å². The highest BCUT2D eigenvalue weighted by Gasteiger charge is 2.18. The Morgan fingerprint density at radius 1 is 1.25 bits per heavy atom. The van der Waals surface area contributed by atoms with Gasteiger partial charge in [0, 0.05) is 6.20 Å². The van der Waals surface area contributed by atoms with Crippen molar-refractivity contribution >= 4 is 17.3 Å². The minimum absolute atomic E-state index is 0.216. The van der Waals surface area contributed by atoms with Crippen molar-refractivity contribution < 1.29 is 9.90 Å². The van der Waals surface area contributed by atoms with Crippen LogP contribution in [0.15, 0.2) is 48.0 Å². The Morgan fingerprint density at radius 3 is 2.60 bits per heavy atom. The zero-order chi connectivity index (χ0) is 14.1. The van der Waals surface area contributed by atoms with E-state index in [2.05, 4.69) is 5.10 Å². The molecular formula is C15H12N2O2S. The molecule has 4 nitrogen and oxygen atoms in total. The number of carboxylic acid groups (broad SMARTS) is 1. The van der Waals surface area contributed by atoms with Crippen LogP contribution in [-0.4, -0.2) is 20.9 Å². The minimum atomic E-state index is -0.966. The SMILES string of the molecule is Cc1ccc(-n2cc(C(=O)O)c(-c3cccs3)n2)cc1. The van der Waals surface area contributed by atoms with Gasteiger partial charge in [-0.15, -0.1) is 11.3 Å². The first-order chi connectivity index (χ1) is 9.65. The summed E-state index contributed by atoms with van der Waals surface area (Å²) in [6.45, 7) is 2.01. The maximum absolute atomic E-state index is 11.4. The van der Waals surface area contributed by atoms with Gasteiger partial charge in [-0.25, -0.2) is 9.48 Å². The summed E-state index contributed by atoms with van der Waals surface area (Å²) in [5, 5.41) is 15.6. The number of aryl methyl sites for hydroxylation is 1. The molecule has 0 aliphatic heterocycles. The van der Waals surface area contributed by atoms with Gasteiger partial charge in [-0.1, -0.05) is 23.8 Å². The number of thiophene rings is 1. The average molecular weight is 284 g/mol. The lowest BCUT2D eigenvalue weighted by molar-refractivity contribution is 0.0697. The molecule has 0 bridgehead atoms. The number of benzene rings is 1. The van der Waals surface area contributed by atoms with E-state index in [1.165, 1.54) is 11.3 Å². The van der Waals surface area contributed by atoms with Gasteiger partial charge in [-0.05, 0) is 30.5 Å². The highest BCUT2D eigenvalue weighted by Crippen LogP contribution is 2.27. The number of carboxylic acids is 1. The third kappa shape index (κ3) is 2.23. The number of carbonyl (C=O) groups is 1. The molecule has 0 radical (unpaired) electrons. The molecule has 0 spiro atoms. The molecule has 0 amide bonds. The first-order valence-electron chi connectivity index (χ1n) is 6.09. The predicted molar refractivity (Wildman–Crippen MR) is 78.6 cm³/mol. The molecule has 0 saturated heterocycles. The Kier molecular flexibility index (Phi) is 3.12. The van der Waals surface area contributed by atoms with Crippen molar-refractivity contribution in [3.05, 3.63) is 59.1 Å². The van der Waals surface area contributed by atoms with Crippen molar-refractivity contribution in [2.45, 2.75) is 6.92 Å². The van der Waals surface area contributed by atoms with Crippen LogP contribution in [0.4, 0.5) is 0 Å². The largest absolute Gasteiger partial charge is 0.478 e. The predicted octanol–water partition coefficient (Wildman–Crippen LogP) is 3.61. The molecule has 1 aromatic carbocycles. The standard InChI is InChI=1S/C15H12N2O2S/c1-10-4-6-11(7-5-10)17-9-12(15(18)19)14(16-17)13-3-2-8-20-13/h2-9H,1H3,(H,18,19). The number of hydrogen-bond donors (Lipinski definition) is 1. The summed E-state index contributed by atoms with van der Waals surface area (Å²) in [6.07, 6.45) is 1.56. The number of aromatic carboxylic acids is 1. The van der Waals surface area contributed by atoms with Gasteiger partial charge in [0.2, 0.25) is 0 Å². The lowest BCUT2D eigenvalue weighted by Crippen LogP contribution is -1.96. The molecule has 0 unspecified atom stereocenters. The number of hydrogen-bond acceptors (Lipinski definition) is 3. The molecule has 2 aromatic heterocycles. The van der Waals surface area contributed by atoms with Crippen LogP contribution >= 0.6 is 11.3 Å². The second-order valence-corrected chi connectivity index (χ2v) is 5.40. The van der Waals surface area contributed by atoms with E-state index in [9.17, 15) is 9.90 Å². The molecule has 20 heavy (non-hydrogen) atoms. The summed E-state index contributed by atoms with van der Waals surface area (Å²) in [4.78, 5) is 12.2. The van der Waals surface area contributed by atoms with Gasteiger partial charge in [0.15, 0.2) is 0 Å². The van der Waals surface area contributed by atoms with E-state index in [1.807, 2.05) is 48.7 Å². The molecule has 5 heteroatoms. The number of aromatic nitrogens is 2. The summed E-state index contributed by atoms with van der Waals surface area (Å²) < 4.78 is 1.61. The first-order valence-corrected chi connectivity index (χ1v) is 6.97. The highest BCUT2D eigenvalue weighted by molar-refractivity contribution is 7.13. The van der Waals surface area contributed by atoms with Gasteiger partial charge in [0.05, 0.1) is 10.6 Å². The maximum Gasteiger partial charge on any atom is 0.339 e. The van der Waals surface area contributed by atoms with Crippen molar-refractivity contribution in [3.63, 3.8) is 0 Å². The van der Waals surface area contributed by atoms with Gasteiger partial charge in [0.1, 0.15) is 11.3 Å². The summed E-state index contributed by atoms with van der Waals surface area (Å²) in [5.41, 5.74) is 2.72. The Balaban J connectivity index is 2.12. The third-order valence-electron chi connectivity index (χ3n) is 3.00. The van der Waals surface area contributed by atoms with Gasteiger partial charge < -0.3 is 5.11 Å². The summed E-state index contributed by atoms with van der Waals surface area (Å²) >= 11 is 1.48. The van der Waals surface area contributed by atoms with Crippen molar-refractivity contribution in [2.75, 3.05) is 0 Å². The zero-order valence-electron chi connectivity index (χ0n) is 10.8. The van der Waals surface area contributed by atoms with E-state index in [0.717, 1.165) is 16.1 Å². The fourth-order valence-corrected chi connectivity index (χ4v) is 2.68. The van der Waals surface area contributed by atoms with Crippen LogP contribution in [0.1, 0.15) is 15.9 Å². The fourth-order valence-electron chi connectivity index (χ4n) is 1.96. The molecule has 3 aromatic rings. The summed E-state index contributed by atoms with van der Waals surface area (Å²) in [5.74, 6) is -0.966. The lowest BCUT2D eigenvalue weighted by atomic mass is 10.2. The van der Waals surface area contributed by atoms with Gasteiger partial charge in [0.25, 0.3) is 0 Å². The number of rotatable bonds is 3. The van der Waals surface area contributed by atoms with Crippen LogP contribution in [0.5, 0.6) is 0 Å². The van der Waals surface area contributed by atoms with E-state index in [-0.39, 0.29) is 5.56 Å². The molecule has 0 saturated carbocycles. The Hall–Kier alpha value is -2.40. The molecule has 0 aliphatic rings. The quantitative estimate of drug-likeness (QED) is 0.799. The van der Waals surface area contributed by atoms with Crippen LogP contribution in [0.2, 0.25) is 0 Å². The molecule has 0 atom stereocenters. The Bertz CT molecular complexity index is 743.